The standard InChI is InChI=1S/C17H28N4O2/c1-5-20(6-2)15-10-9-14(13-19-15)17(23)18-12-11-16(22)21(7-3)8-4/h9-10,13H,5-8,11-12H2,1-4H3,(H,18,23). The van der Waals surface area contributed by atoms with Crippen LogP contribution in [0.15, 0.2) is 18.3 Å². The summed E-state index contributed by atoms with van der Waals surface area (Å²) >= 11 is 0. The first-order chi connectivity index (χ1) is 11.1. The van der Waals surface area contributed by atoms with Gasteiger partial charge in [0.25, 0.3) is 5.91 Å². The summed E-state index contributed by atoms with van der Waals surface area (Å²) in [6, 6.07) is 3.62. The van der Waals surface area contributed by atoms with E-state index in [2.05, 4.69) is 29.0 Å². The Balaban J connectivity index is 2.51. The number of hydrogen-bond acceptors (Lipinski definition) is 4. The van der Waals surface area contributed by atoms with E-state index >= 15 is 0 Å². The SMILES string of the molecule is CCN(CC)C(=O)CCNC(=O)c1ccc(N(CC)CC)nc1. The molecule has 0 aromatic carbocycles. The first-order valence-electron chi connectivity index (χ1n) is 8.34. The normalized spacial score (nSPS) is 10.3. The topological polar surface area (TPSA) is 65.5 Å². The van der Waals surface area contributed by atoms with Gasteiger partial charge in [-0.2, -0.15) is 0 Å². The van der Waals surface area contributed by atoms with Crippen LogP contribution in [0.1, 0.15) is 44.5 Å². The molecule has 1 aromatic rings. The Kier molecular flexibility index (Phi) is 8.08. The summed E-state index contributed by atoms with van der Waals surface area (Å²) in [5.74, 6) is 0.726. The Morgan fingerprint density at radius 1 is 1.04 bits per heavy atom. The van der Waals surface area contributed by atoms with Crippen molar-refractivity contribution in [2.24, 2.45) is 0 Å². The van der Waals surface area contributed by atoms with Crippen LogP contribution in [0.3, 0.4) is 0 Å². The zero-order valence-electron chi connectivity index (χ0n) is 14.6. The van der Waals surface area contributed by atoms with Gasteiger partial charge in [0.05, 0.1) is 5.56 Å². The fourth-order valence-corrected chi connectivity index (χ4v) is 2.37. The molecule has 0 aliphatic heterocycles. The largest absolute Gasteiger partial charge is 0.357 e. The van der Waals surface area contributed by atoms with Gasteiger partial charge in [-0.25, -0.2) is 4.98 Å². The molecule has 0 fully saturated rings. The minimum absolute atomic E-state index is 0.0605. The van der Waals surface area contributed by atoms with E-state index in [-0.39, 0.29) is 11.8 Å². The van der Waals surface area contributed by atoms with Crippen LogP contribution in [0.2, 0.25) is 0 Å². The first kappa shape index (κ1) is 18.9. The molecule has 6 heteroatoms. The highest BCUT2D eigenvalue weighted by Gasteiger charge is 2.11. The Bertz CT molecular complexity index is 494. The van der Waals surface area contributed by atoms with Crippen molar-refractivity contribution in [2.45, 2.75) is 34.1 Å². The first-order valence-corrected chi connectivity index (χ1v) is 8.34. The van der Waals surface area contributed by atoms with Crippen molar-refractivity contribution in [1.29, 1.82) is 0 Å². The average molecular weight is 320 g/mol. The number of aromatic nitrogens is 1. The van der Waals surface area contributed by atoms with E-state index in [0.717, 1.165) is 18.9 Å². The highest BCUT2D eigenvalue weighted by Crippen LogP contribution is 2.10. The lowest BCUT2D eigenvalue weighted by Crippen LogP contribution is -2.34. The van der Waals surface area contributed by atoms with Crippen LogP contribution in [0.4, 0.5) is 5.82 Å². The Labute approximate surface area is 138 Å². The van der Waals surface area contributed by atoms with Crippen LogP contribution in [-0.2, 0) is 4.79 Å². The minimum Gasteiger partial charge on any atom is -0.357 e. The maximum Gasteiger partial charge on any atom is 0.252 e. The van der Waals surface area contributed by atoms with Crippen molar-refractivity contribution < 1.29 is 9.59 Å². The van der Waals surface area contributed by atoms with Gasteiger partial charge in [0.15, 0.2) is 0 Å². The van der Waals surface area contributed by atoms with Gasteiger partial charge in [0.2, 0.25) is 5.91 Å². The molecule has 0 saturated carbocycles. The lowest BCUT2D eigenvalue weighted by molar-refractivity contribution is -0.130. The fraction of sp³-hybridized carbons (Fsp3) is 0.588. The van der Waals surface area contributed by atoms with Crippen molar-refractivity contribution in [3.8, 4) is 0 Å². The second-order valence-electron chi connectivity index (χ2n) is 5.15. The number of rotatable bonds is 9. The summed E-state index contributed by atoms with van der Waals surface area (Å²) in [6.07, 6.45) is 1.90. The predicted octanol–water partition coefficient (Wildman–Crippen LogP) is 1.92. The van der Waals surface area contributed by atoms with Crippen LogP contribution in [0.25, 0.3) is 0 Å². The van der Waals surface area contributed by atoms with Crippen LogP contribution < -0.4 is 10.2 Å². The maximum absolute atomic E-state index is 12.1. The van der Waals surface area contributed by atoms with Crippen LogP contribution in [-0.4, -0.2) is 54.4 Å². The molecule has 23 heavy (non-hydrogen) atoms. The molecule has 0 spiro atoms. The third-order valence-corrected chi connectivity index (χ3v) is 3.84. The molecular weight excluding hydrogens is 292 g/mol. The molecule has 0 bridgehead atoms. The molecule has 1 aromatic heterocycles. The van der Waals surface area contributed by atoms with Gasteiger partial charge in [-0.15, -0.1) is 0 Å². The van der Waals surface area contributed by atoms with E-state index in [1.807, 2.05) is 19.9 Å². The van der Waals surface area contributed by atoms with Gasteiger partial charge in [-0.1, -0.05) is 0 Å². The average Bonchev–Trinajstić information content (AvgIpc) is 2.57. The molecule has 128 valence electrons. The molecule has 0 aliphatic carbocycles. The lowest BCUT2D eigenvalue weighted by atomic mass is 10.2. The minimum atomic E-state index is -0.198. The number of nitrogens with zero attached hydrogens (tertiary/aromatic N) is 3. The number of nitrogens with one attached hydrogen (secondary N) is 1. The van der Waals surface area contributed by atoms with Gasteiger partial charge in [-0.05, 0) is 39.8 Å². The van der Waals surface area contributed by atoms with Crippen molar-refractivity contribution in [2.75, 3.05) is 37.6 Å². The molecule has 0 atom stereocenters. The zero-order chi connectivity index (χ0) is 17.2. The highest BCUT2D eigenvalue weighted by molar-refractivity contribution is 5.94. The van der Waals surface area contributed by atoms with E-state index in [1.165, 1.54) is 0 Å². The third-order valence-electron chi connectivity index (χ3n) is 3.84. The van der Waals surface area contributed by atoms with E-state index in [4.69, 9.17) is 0 Å². The highest BCUT2D eigenvalue weighted by atomic mass is 16.2. The smallest absolute Gasteiger partial charge is 0.252 e. The molecule has 1 rings (SSSR count). The number of amides is 2. The van der Waals surface area contributed by atoms with Crippen molar-refractivity contribution >= 4 is 17.6 Å². The second kappa shape index (κ2) is 9.82. The summed E-state index contributed by atoms with van der Waals surface area (Å²) in [5.41, 5.74) is 0.510. The van der Waals surface area contributed by atoms with E-state index in [9.17, 15) is 9.59 Å². The summed E-state index contributed by atoms with van der Waals surface area (Å²) in [4.78, 5) is 32.1. The number of anilines is 1. The molecule has 1 N–H and O–H groups in total. The Hall–Kier alpha value is -2.11. The molecule has 0 aliphatic rings. The fourth-order valence-electron chi connectivity index (χ4n) is 2.37. The van der Waals surface area contributed by atoms with Gasteiger partial charge >= 0.3 is 0 Å². The monoisotopic (exact) mass is 320 g/mol. The molecule has 0 radical (unpaired) electrons. The van der Waals surface area contributed by atoms with Crippen LogP contribution in [0, 0.1) is 0 Å². The van der Waals surface area contributed by atoms with Crippen molar-refractivity contribution in [1.82, 2.24) is 15.2 Å². The van der Waals surface area contributed by atoms with Crippen LogP contribution >= 0.6 is 0 Å². The summed E-state index contributed by atoms with van der Waals surface area (Å²) in [6.45, 7) is 11.5. The quantitative estimate of drug-likeness (QED) is 0.755. The number of carbonyl (C=O) groups excluding carboxylic acids is 2. The van der Waals surface area contributed by atoms with E-state index < -0.39 is 0 Å². The van der Waals surface area contributed by atoms with Gasteiger partial charge in [-0.3, -0.25) is 9.59 Å². The van der Waals surface area contributed by atoms with Gasteiger partial charge < -0.3 is 15.1 Å². The molecule has 2 amide bonds. The molecule has 6 nitrogen and oxygen atoms in total. The van der Waals surface area contributed by atoms with E-state index in [1.54, 1.807) is 17.2 Å². The van der Waals surface area contributed by atoms with E-state index in [0.29, 0.717) is 31.6 Å². The molecular formula is C17H28N4O2. The Morgan fingerprint density at radius 3 is 2.17 bits per heavy atom. The van der Waals surface area contributed by atoms with Gasteiger partial charge in [0.1, 0.15) is 5.82 Å². The van der Waals surface area contributed by atoms with Gasteiger partial charge in [0, 0.05) is 45.3 Å². The number of pyridine rings is 1. The summed E-state index contributed by atoms with van der Waals surface area (Å²) in [5, 5.41) is 2.77. The van der Waals surface area contributed by atoms with Crippen molar-refractivity contribution in [3.05, 3.63) is 23.9 Å². The second-order valence-corrected chi connectivity index (χ2v) is 5.15. The van der Waals surface area contributed by atoms with Crippen molar-refractivity contribution in [3.63, 3.8) is 0 Å². The summed E-state index contributed by atoms with van der Waals surface area (Å²) in [7, 11) is 0. The molecule has 0 saturated heterocycles. The number of carbonyl (C=O) groups is 2. The lowest BCUT2D eigenvalue weighted by Gasteiger charge is -2.19. The predicted molar refractivity (Wildman–Crippen MR) is 92.7 cm³/mol. The summed E-state index contributed by atoms with van der Waals surface area (Å²) < 4.78 is 0. The Morgan fingerprint density at radius 2 is 1.70 bits per heavy atom. The molecule has 0 unspecified atom stereocenters. The molecule has 1 heterocycles. The zero-order valence-corrected chi connectivity index (χ0v) is 14.6. The maximum atomic E-state index is 12.1. The number of hydrogen-bond donors (Lipinski definition) is 1. The third kappa shape index (κ3) is 5.54. The van der Waals surface area contributed by atoms with Crippen LogP contribution in [0.5, 0.6) is 0 Å².